The minimum atomic E-state index is -1.16. The number of nitrogens with zero attached hydrogens (tertiary/aromatic N) is 1. The van der Waals surface area contributed by atoms with Crippen molar-refractivity contribution >= 4 is 69.7 Å². The minimum absolute atomic E-state index is 0.00578. The van der Waals surface area contributed by atoms with Crippen molar-refractivity contribution in [1.82, 2.24) is 4.98 Å². The Labute approximate surface area is 144 Å². The second-order valence-corrected chi connectivity index (χ2v) is 5.80. The van der Waals surface area contributed by atoms with Gasteiger partial charge in [-0.3, -0.25) is 4.98 Å². The predicted octanol–water partition coefficient (Wildman–Crippen LogP) is 5.30. The lowest BCUT2D eigenvalue weighted by Crippen LogP contribution is -2.02. The van der Waals surface area contributed by atoms with E-state index in [9.17, 15) is 4.79 Å². The number of pyridine rings is 1. The van der Waals surface area contributed by atoms with Crippen LogP contribution in [0.3, 0.4) is 0 Å². The zero-order chi connectivity index (χ0) is 15.9. The summed E-state index contributed by atoms with van der Waals surface area (Å²) in [5.74, 6) is -1.16. The summed E-state index contributed by atoms with van der Waals surface area (Å²) in [7, 11) is 0. The maximum Gasteiger partial charge on any atom is 0.337 e. The van der Waals surface area contributed by atoms with Crippen molar-refractivity contribution in [2.75, 3.05) is 5.73 Å². The van der Waals surface area contributed by atoms with E-state index in [0.29, 0.717) is 0 Å². The number of nitrogens with two attached hydrogens (primary N) is 1. The molecule has 0 aliphatic rings. The van der Waals surface area contributed by atoms with Gasteiger partial charge in [0.15, 0.2) is 0 Å². The zero-order valence-corrected chi connectivity index (χ0v) is 13.7. The summed E-state index contributed by atoms with van der Waals surface area (Å²) in [6.07, 6.45) is 1.12. The average Bonchev–Trinajstić information content (AvgIpc) is 2.44. The molecule has 110 valence electrons. The lowest BCUT2D eigenvalue weighted by molar-refractivity contribution is 0.0696. The van der Waals surface area contributed by atoms with E-state index >= 15 is 0 Å². The van der Waals surface area contributed by atoms with Crippen molar-refractivity contribution in [3.8, 4) is 11.3 Å². The summed E-state index contributed by atoms with van der Waals surface area (Å²) < 4.78 is 0. The minimum Gasteiger partial charge on any atom is -0.478 e. The lowest BCUT2D eigenvalue weighted by atomic mass is 10.1. The first kappa shape index (κ1) is 16.5. The maximum atomic E-state index is 10.9. The molecule has 0 fully saturated rings. The van der Waals surface area contributed by atoms with E-state index in [-0.39, 0.29) is 47.6 Å². The number of aromatic nitrogens is 1. The number of anilines is 1. The molecule has 0 unspecified atom stereocenters. The van der Waals surface area contributed by atoms with Gasteiger partial charge >= 0.3 is 5.97 Å². The van der Waals surface area contributed by atoms with Gasteiger partial charge in [0.2, 0.25) is 0 Å². The van der Waals surface area contributed by atoms with Crippen LogP contribution in [0.25, 0.3) is 11.3 Å². The van der Waals surface area contributed by atoms with Gasteiger partial charge in [-0.1, -0.05) is 58.0 Å². The summed E-state index contributed by atoms with van der Waals surface area (Å²) in [5.41, 5.74) is 6.14. The lowest BCUT2D eigenvalue weighted by Gasteiger charge is -2.13. The third kappa shape index (κ3) is 2.87. The molecule has 0 atom stereocenters. The molecule has 0 saturated carbocycles. The summed E-state index contributed by atoms with van der Waals surface area (Å²) >= 11 is 30.1. The van der Waals surface area contributed by atoms with Crippen LogP contribution in [-0.2, 0) is 0 Å². The molecule has 4 nitrogen and oxygen atoms in total. The van der Waals surface area contributed by atoms with Crippen LogP contribution in [0.2, 0.25) is 25.1 Å². The molecule has 0 amide bonds. The molecule has 1 aromatic heterocycles. The van der Waals surface area contributed by atoms with Crippen LogP contribution < -0.4 is 5.73 Å². The molecule has 0 saturated heterocycles. The third-order valence-corrected chi connectivity index (χ3v) is 4.89. The Morgan fingerprint density at radius 2 is 1.48 bits per heavy atom. The molecule has 2 aromatic rings. The first-order valence-electron chi connectivity index (χ1n) is 5.26. The molecule has 3 N–H and O–H groups in total. The molecule has 1 heterocycles. The molecular formula is C12H5Cl5N2O2. The molecule has 21 heavy (non-hydrogen) atoms. The number of aromatic carboxylic acids is 1. The van der Waals surface area contributed by atoms with Crippen LogP contribution in [-0.4, -0.2) is 16.1 Å². The van der Waals surface area contributed by atoms with Crippen LogP contribution >= 0.6 is 58.0 Å². The summed E-state index contributed by atoms with van der Waals surface area (Å²) in [6, 6.07) is 1.23. The normalized spacial score (nSPS) is 10.7. The number of carboxylic acids is 1. The fourth-order valence-corrected chi connectivity index (χ4v) is 2.94. The van der Waals surface area contributed by atoms with Gasteiger partial charge in [0.1, 0.15) is 0 Å². The Balaban J connectivity index is 2.77. The van der Waals surface area contributed by atoms with E-state index in [0.717, 1.165) is 6.20 Å². The molecule has 9 heteroatoms. The quantitative estimate of drug-likeness (QED) is 0.543. The second-order valence-electron chi connectivity index (χ2n) is 3.91. The van der Waals surface area contributed by atoms with E-state index in [2.05, 4.69) is 4.98 Å². The number of benzene rings is 1. The third-order valence-electron chi connectivity index (χ3n) is 2.61. The molecule has 0 bridgehead atoms. The molecule has 2 rings (SSSR count). The van der Waals surface area contributed by atoms with Crippen LogP contribution in [0.5, 0.6) is 0 Å². The van der Waals surface area contributed by atoms with Crippen LogP contribution in [0.1, 0.15) is 10.4 Å². The number of halogens is 5. The van der Waals surface area contributed by atoms with E-state index in [1.165, 1.54) is 6.07 Å². The number of hydrogen-bond donors (Lipinski definition) is 2. The van der Waals surface area contributed by atoms with E-state index < -0.39 is 5.97 Å². The number of nitrogen functional groups attached to an aromatic ring is 1. The fourth-order valence-electron chi connectivity index (χ4n) is 1.62. The molecule has 0 aliphatic carbocycles. The Morgan fingerprint density at radius 3 is 1.90 bits per heavy atom. The Hall–Kier alpha value is -0.910. The van der Waals surface area contributed by atoms with Crippen LogP contribution in [0.4, 0.5) is 5.69 Å². The molecular weight excluding hydrogens is 381 g/mol. The first-order chi connectivity index (χ1) is 9.75. The first-order valence-corrected chi connectivity index (χ1v) is 7.15. The van der Waals surface area contributed by atoms with Gasteiger partial charge in [0, 0.05) is 11.8 Å². The van der Waals surface area contributed by atoms with Crippen molar-refractivity contribution in [3.05, 3.63) is 42.9 Å². The predicted molar refractivity (Wildman–Crippen MR) is 86.1 cm³/mol. The summed E-state index contributed by atoms with van der Waals surface area (Å²) in [5, 5.41) is 8.97. The number of carbonyl (C=O) groups is 1. The smallest absolute Gasteiger partial charge is 0.337 e. The number of carboxylic acid groups (broad SMARTS) is 1. The van der Waals surface area contributed by atoms with E-state index in [4.69, 9.17) is 68.8 Å². The highest BCUT2D eigenvalue weighted by Gasteiger charge is 2.23. The van der Waals surface area contributed by atoms with Gasteiger partial charge in [0.25, 0.3) is 0 Å². The van der Waals surface area contributed by atoms with Crippen molar-refractivity contribution in [3.63, 3.8) is 0 Å². The van der Waals surface area contributed by atoms with E-state index in [1.54, 1.807) is 0 Å². The second kappa shape index (κ2) is 6.07. The zero-order valence-electron chi connectivity index (χ0n) is 9.92. The van der Waals surface area contributed by atoms with E-state index in [1.807, 2.05) is 0 Å². The molecule has 0 radical (unpaired) electrons. The van der Waals surface area contributed by atoms with Gasteiger partial charge in [-0.2, -0.15) is 0 Å². The Kier molecular flexibility index (Phi) is 4.76. The van der Waals surface area contributed by atoms with Crippen molar-refractivity contribution < 1.29 is 9.90 Å². The largest absolute Gasteiger partial charge is 0.478 e. The summed E-state index contributed by atoms with van der Waals surface area (Å²) in [6.45, 7) is 0. The summed E-state index contributed by atoms with van der Waals surface area (Å²) in [4.78, 5) is 14.8. The SMILES string of the molecule is Nc1cc(C(=O)O)cnc1-c1c(Cl)c(Cl)c(Cl)c(Cl)c1Cl. The maximum absolute atomic E-state index is 10.9. The van der Waals surface area contributed by atoms with Gasteiger partial charge in [-0.25, -0.2) is 4.79 Å². The highest BCUT2D eigenvalue weighted by atomic mass is 35.5. The average molecular weight is 386 g/mol. The number of rotatable bonds is 2. The van der Waals surface area contributed by atoms with Crippen LogP contribution in [0.15, 0.2) is 12.3 Å². The van der Waals surface area contributed by atoms with Crippen LogP contribution in [0, 0.1) is 0 Å². The highest BCUT2D eigenvalue weighted by molar-refractivity contribution is 6.56. The molecule has 0 aliphatic heterocycles. The van der Waals surface area contributed by atoms with Crippen molar-refractivity contribution in [2.45, 2.75) is 0 Å². The van der Waals surface area contributed by atoms with Gasteiger partial charge in [0.05, 0.1) is 42.1 Å². The number of hydrogen-bond acceptors (Lipinski definition) is 3. The highest BCUT2D eigenvalue weighted by Crippen LogP contribution is 2.48. The monoisotopic (exact) mass is 384 g/mol. The molecule has 0 spiro atoms. The Bertz CT molecular complexity index is 735. The van der Waals surface area contributed by atoms with Crippen molar-refractivity contribution in [1.29, 1.82) is 0 Å². The fraction of sp³-hybridized carbons (Fsp3) is 0. The van der Waals surface area contributed by atoms with Gasteiger partial charge in [-0.05, 0) is 6.07 Å². The van der Waals surface area contributed by atoms with Gasteiger partial charge < -0.3 is 10.8 Å². The Morgan fingerprint density at radius 1 is 1.00 bits per heavy atom. The molecule has 1 aromatic carbocycles. The van der Waals surface area contributed by atoms with Gasteiger partial charge in [-0.15, -0.1) is 0 Å². The topological polar surface area (TPSA) is 76.2 Å². The standard InChI is InChI=1S/C12H5Cl5N2O2/c13-6-5(7(14)9(16)10(17)8(6)15)11-4(18)1-3(2-19-11)12(20)21/h1-2H,18H2,(H,20,21). The van der Waals surface area contributed by atoms with Crippen molar-refractivity contribution in [2.24, 2.45) is 0 Å².